The molecular formula is C11H14N3O2. The van der Waals surface area contributed by atoms with Crippen LogP contribution in [0.5, 0.6) is 5.88 Å². The summed E-state index contributed by atoms with van der Waals surface area (Å²) in [5.74, 6) is -0.143. The van der Waals surface area contributed by atoms with Gasteiger partial charge in [0.1, 0.15) is 11.8 Å². The Morgan fingerprint density at radius 1 is 1.56 bits per heavy atom. The maximum Gasteiger partial charge on any atom is 0.268 e. The molecule has 1 aromatic rings. The number of nitrogens with one attached hydrogen (secondary N) is 1. The molecule has 1 saturated heterocycles. The quantitative estimate of drug-likeness (QED) is 0.758. The van der Waals surface area contributed by atoms with Crippen molar-refractivity contribution in [3.8, 4) is 5.88 Å². The van der Waals surface area contributed by atoms with E-state index in [1.165, 1.54) is 0 Å². The van der Waals surface area contributed by atoms with E-state index in [0.29, 0.717) is 5.88 Å². The maximum absolute atomic E-state index is 10.9. The minimum atomic E-state index is -0.587. The first-order valence-corrected chi connectivity index (χ1v) is 5.31. The fourth-order valence-corrected chi connectivity index (χ4v) is 1.65. The lowest BCUT2D eigenvalue weighted by Crippen LogP contribution is -2.34. The van der Waals surface area contributed by atoms with Gasteiger partial charge in [-0.2, -0.15) is 0 Å². The average Bonchev–Trinajstić information content (AvgIpc) is 2.30. The molecule has 3 N–H and O–H groups in total. The van der Waals surface area contributed by atoms with Gasteiger partial charge in [0, 0.05) is 12.1 Å². The number of aromatic nitrogens is 1. The average molecular weight is 220 g/mol. The number of piperidine rings is 1. The van der Waals surface area contributed by atoms with E-state index in [-0.39, 0.29) is 11.8 Å². The number of rotatable bonds is 3. The first kappa shape index (κ1) is 10.9. The fourth-order valence-electron chi connectivity index (χ4n) is 1.65. The number of primary amides is 1. The van der Waals surface area contributed by atoms with Gasteiger partial charge >= 0.3 is 0 Å². The van der Waals surface area contributed by atoms with Crippen LogP contribution in [0.2, 0.25) is 0 Å². The van der Waals surface area contributed by atoms with Crippen molar-refractivity contribution in [1.29, 1.82) is 0 Å². The smallest absolute Gasteiger partial charge is 0.268 e. The summed E-state index contributed by atoms with van der Waals surface area (Å²) in [5, 5.41) is 3.25. The predicted molar refractivity (Wildman–Crippen MR) is 58.1 cm³/mol. The van der Waals surface area contributed by atoms with Gasteiger partial charge in [-0.25, -0.2) is 4.98 Å². The molecule has 2 heterocycles. The van der Waals surface area contributed by atoms with Crippen LogP contribution < -0.4 is 15.8 Å². The SMILES string of the molecule is NC(=O)c1[c]ccc(OC2CCNCC2)n1. The summed E-state index contributed by atoms with van der Waals surface area (Å²) in [6.07, 6.45) is 2.06. The number of pyridine rings is 1. The molecule has 5 nitrogen and oxygen atoms in total. The molecule has 85 valence electrons. The van der Waals surface area contributed by atoms with E-state index in [9.17, 15) is 4.79 Å². The number of amides is 1. The van der Waals surface area contributed by atoms with Crippen LogP contribution in [-0.2, 0) is 0 Å². The summed E-state index contributed by atoms with van der Waals surface area (Å²) in [6.45, 7) is 1.90. The molecule has 2 rings (SSSR count). The monoisotopic (exact) mass is 220 g/mol. The van der Waals surface area contributed by atoms with Gasteiger partial charge in [-0.15, -0.1) is 0 Å². The summed E-state index contributed by atoms with van der Waals surface area (Å²) in [4.78, 5) is 14.9. The molecule has 1 aromatic heterocycles. The van der Waals surface area contributed by atoms with Gasteiger partial charge in [0.05, 0.1) is 0 Å². The van der Waals surface area contributed by atoms with Crippen LogP contribution in [0.3, 0.4) is 0 Å². The number of nitrogens with zero attached hydrogens (tertiary/aromatic N) is 1. The molecule has 0 aromatic carbocycles. The highest BCUT2D eigenvalue weighted by Crippen LogP contribution is 2.14. The van der Waals surface area contributed by atoms with Crippen molar-refractivity contribution < 1.29 is 9.53 Å². The molecule has 0 saturated carbocycles. The van der Waals surface area contributed by atoms with Gasteiger partial charge in [-0.1, -0.05) is 0 Å². The summed E-state index contributed by atoms with van der Waals surface area (Å²) >= 11 is 0. The highest BCUT2D eigenvalue weighted by molar-refractivity contribution is 5.90. The molecule has 5 heteroatoms. The molecule has 16 heavy (non-hydrogen) atoms. The topological polar surface area (TPSA) is 77.2 Å². The lowest BCUT2D eigenvalue weighted by molar-refractivity contribution is 0.0991. The maximum atomic E-state index is 10.9. The summed E-state index contributed by atoms with van der Waals surface area (Å²) in [6, 6.07) is 5.96. The highest BCUT2D eigenvalue weighted by Gasteiger charge is 2.15. The minimum absolute atomic E-state index is 0.117. The molecule has 1 aliphatic heterocycles. The number of ether oxygens (including phenoxy) is 1. The third-order valence-electron chi connectivity index (χ3n) is 2.47. The number of carbonyl (C=O) groups excluding carboxylic acids is 1. The van der Waals surface area contributed by atoms with Crippen LogP contribution in [-0.4, -0.2) is 30.1 Å². The molecule has 1 radical (unpaired) electrons. The van der Waals surface area contributed by atoms with E-state index in [4.69, 9.17) is 10.5 Å². The zero-order valence-electron chi connectivity index (χ0n) is 8.90. The van der Waals surface area contributed by atoms with Crippen LogP contribution in [0.4, 0.5) is 0 Å². The van der Waals surface area contributed by atoms with E-state index >= 15 is 0 Å². The molecule has 0 atom stereocenters. The van der Waals surface area contributed by atoms with E-state index in [0.717, 1.165) is 25.9 Å². The lowest BCUT2D eigenvalue weighted by Gasteiger charge is -2.23. The van der Waals surface area contributed by atoms with Gasteiger partial charge in [-0.3, -0.25) is 4.79 Å². The van der Waals surface area contributed by atoms with Crippen LogP contribution in [0.1, 0.15) is 23.3 Å². The van der Waals surface area contributed by atoms with Gasteiger partial charge in [0.25, 0.3) is 5.91 Å². The van der Waals surface area contributed by atoms with Crippen molar-refractivity contribution >= 4 is 5.91 Å². The van der Waals surface area contributed by atoms with Crippen molar-refractivity contribution in [3.05, 3.63) is 23.9 Å². The largest absolute Gasteiger partial charge is 0.474 e. The van der Waals surface area contributed by atoms with Gasteiger partial charge in [0.15, 0.2) is 0 Å². The lowest BCUT2D eigenvalue weighted by atomic mass is 10.1. The summed E-state index contributed by atoms with van der Waals surface area (Å²) in [5.41, 5.74) is 5.23. The molecule has 1 fully saturated rings. The number of hydrogen-bond donors (Lipinski definition) is 2. The standard InChI is InChI=1S/C11H14N3O2/c12-11(15)9-2-1-3-10(14-9)16-8-4-6-13-7-5-8/h1,3,8,13H,4-7H2,(H2,12,15). The fraction of sp³-hybridized carbons (Fsp3) is 0.455. The van der Waals surface area contributed by atoms with Crippen LogP contribution in [0.25, 0.3) is 0 Å². The number of hydrogen-bond acceptors (Lipinski definition) is 4. The Morgan fingerprint density at radius 2 is 2.31 bits per heavy atom. The first-order valence-electron chi connectivity index (χ1n) is 5.31. The Hall–Kier alpha value is -1.62. The molecule has 1 aliphatic rings. The van der Waals surface area contributed by atoms with E-state index < -0.39 is 5.91 Å². The molecular weight excluding hydrogens is 206 g/mol. The third-order valence-corrected chi connectivity index (χ3v) is 2.47. The molecule has 1 amide bonds. The second-order valence-electron chi connectivity index (χ2n) is 3.71. The Balaban J connectivity index is 2.02. The van der Waals surface area contributed by atoms with Gasteiger partial charge in [-0.05, 0) is 32.0 Å². The van der Waals surface area contributed by atoms with Crippen LogP contribution >= 0.6 is 0 Å². The minimum Gasteiger partial charge on any atom is -0.474 e. The summed E-state index contributed by atoms with van der Waals surface area (Å²) in [7, 11) is 0. The number of carbonyl (C=O) groups is 1. The van der Waals surface area contributed by atoms with Crippen molar-refractivity contribution in [1.82, 2.24) is 10.3 Å². The number of nitrogens with two attached hydrogens (primary N) is 1. The van der Waals surface area contributed by atoms with Crippen LogP contribution in [0.15, 0.2) is 12.1 Å². The van der Waals surface area contributed by atoms with Gasteiger partial charge < -0.3 is 15.8 Å². The Kier molecular flexibility index (Phi) is 3.36. The van der Waals surface area contributed by atoms with Crippen molar-refractivity contribution in [2.45, 2.75) is 18.9 Å². The van der Waals surface area contributed by atoms with E-state index in [1.54, 1.807) is 12.1 Å². The van der Waals surface area contributed by atoms with E-state index in [1.807, 2.05) is 0 Å². The second-order valence-corrected chi connectivity index (χ2v) is 3.71. The zero-order valence-corrected chi connectivity index (χ0v) is 8.90. The predicted octanol–water partition coefficient (Wildman–Crippen LogP) is 0.111. The molecule has 0 unspecified atom stereocenters. The molecule has 0 bridgehead atoms. The van der Waals surface area contributed by atoms with Crippen LogP contribution in [0, 0.1) is 6.07 Å². The van der Waals surface area contributed by atoms with Crippen molar-refractivity contribution in [3.63, 3.8) is 0 Å². The second kappa shape index (κ2) is 4.94. The van der Waals surface area contributed by atoms with Crippen molar-refractivity contribution in [2.24, 2.45) is 5.73 Å². The normalized spacial score (nSPS) is 17.0. The third kappa shape index (κ3) is 2.70. The van der Waals surface area contributed by atoms with Gasteiger partial charge in [0.2, 0.25) is 5.88 Å². The Morgan fingerprint density at radius 3 is 3.00 bits per heavy atom. The Labute approximate surface area is 94.0 Å². The first-order chi connectivity index (χ1) is 7.75. The zero-order chi connectivity index (χ0) is 11.4. The summed E-state index contributed by atoms with van der Waals surface area (Å²) < 4.78 is 5.67. The Bertz CT molecular complexity index is 375. The molecule has 0 spiro atoms. The van der Waals surface area contributed by atoms with E-state index in [2.05, 4.69) is 16.4 Å². The molecule has 0 aliphatic carbocycles. The van der Waals surface area contributed by atoms with Crippen molar-refractivity contribution in [2.75, 3.05) is 13.1 Å². The highest BCUT2D eigenvalue weighted by atomic mass is 16.5.